The minimum absolute atomic E-state index is 0.000522. The molecular formula is C59H56N+. The third kappa shape index (κ3) is 7.11. The number of unbranched alkanes of at least 4 members (excludes halogenated alkanes) is 1. The molecule has 0 saturated heterocycles. The summed E-state index contributed by atoms with van der Waals surface area (Å²) in [7, 11) is 0. The van der Waals surface area contributed by atoms with Gasteiger partial charge in [0.2, 0.25) is 5.69 Å². The zero-order valence-electron chi connectivity index (χ0n) is 35.9. The molecule has 0 bridgehead atoms. The molecule has 8 aromatic rings. The molecule has 0 aliphatic carbocycles. The number of rotatable bonds is 11. The Morgan fingerprint density at radius 1 is 0.400 bits per heavy atom. The number of aryl methyl sites for hydroxylation is 1. The molecule has 1 aliphatic heterocycles. The number of hydrogen-bond acceptors (Lipinski definition) is 0. The Morgan fingerprint density at radius 3 is 1.40 bits per heavy atom. The molecule has 9 rings (SSSR count). The molecule has 2 unspecified atom stereocenters. The van der Waals surface area contributed by atoms with Gasteiger partial charge in [0.05, 0.1) is 11.0 Å². The van der Waals surface area contributed by atoms with E-state index < -0.39 is 0 Å². The lowest BCUT2D eigenvalue weighted by Gasteiger charge is -2.46. The fraction of sp³-hybridized carbons (Fsp3) is 0.203. The van der Waals surface area contributed by atoms with E-state index in [1.54, 1.807) is 0 Å². The van der Waals surface area contributed by atoms with Gasteiger partial charge in [0, 0.05) is 25.5 Å². The molecular weight excluding hydrogens is 723 g/mol. The fourth-order valence-electron chi connectivity index (χ4n) is 9.84. The standard InChI is InChI=1S/C59H56N/c1-6-9-19-42-27-29-45(30-28-42)51-35-49(43-20-12-10-13-21-43)37-53(39-51)54-38-50(44-22-14-11-15-23-44)36-52(40-54)47-25-18-24-46(34-47)48-31-32-56-55(41-48)57-26-16-17-33-60(57)59(5,8-3)58(56,4)7-2/h10-18,20-41H,6-9,19H2,1-5H3/q+1. The van der Waals surface area contributed by atoms with Crippen LogP contribution in [0.1, 0.15) is 71.4 Å². The van der Waals surface area contributed by atoms with Gasteiger partial charge >= 0.3 is 0 Å². The molecule has 0 radical (unpaired) electrons. The summed E-state index contributed by atoms with van der Waals surface area (Å²) in [6, 6.07) is 68.2. The fourth-order valence-corrected chi connectivity index (χ4v) is 9.84. The van der Waals surface area contributed by atoms with Crippen LogP contribution in [0.5, 0.6) is 0 Å². The molecule has 0 amide bonds. The second-order valence-electron chi connectivity index (χ2n) is 17.2. The summed E-state index contributed by atoms with van der Waals surface area (Å²) >= 11 is 0. The van der Waals surface area contributed by atoms with Crippen LogP contribution in [0.4, 0.5) is 0 Å². The first-order chi connectivity index (χ1) is 29.3. The van der Waals surface area contributed by atoms with E-state index in [1.807, 2.05) is 0 Å². The van der Waals surface area contributed by atoms with Crippen molar-refractivity contribution >= 4 is 0 Å². The third-order valence-corrected chi connectivity index (χ3v) is 13.9. The van der Waals surface area contributed by atoms with Gasteiger partial charge in [0.1, 0.15) is 0 Å². The average Bonchev–Trinajstić information content (AvgIpc) is 3.32. The summed E-state index contributed by atoms with van der Waals surface area (Å²) in [5.74, 6) is 0. The van der Waals surface area contributed by atoms with Crippen LogP contribution in [0.15, 0.2) is 188 Å². The molecule has 7 aromatic carbocycles. The largest absolute Gasteiger partial charge is 0.213 e. The Kier molecular flexibility index (Phi) is 10.7. The predicted octanol–water partition coefficient (Wildman–Crippen LogP) is 15.8. The monoisotopic (exact) mass is 778 g/mol. The number of aromatic nitrogens is 1. The van der Waals surface area contributed by atoms with E-state index in [-0.39, 0.29) is 11.0 Å². The zero-order valence-corrected chi connectivity index (χ0v) is 35.9. The maximum absolute atomic E-state index is 2.55. The number of benzene rings is 7. The summed E-state index contributed by atoms with van der Waals surface area (Å²) in [6.07, 6.45) is 7.98. The SMILES string of the molecule is CCCCc1ccc(-c2cc(-c3ccccc3)cc(-c3cc(-c4ccccc4)cc(-c4cccc(-c5ccc6c(c5)-c5cccc[n+]5C(C)(CC)C6(C)CC)c4)c3)c2)cc1. The lowest BCUT2D eigenvalue weighted by molar-refractivity contribution is -0.765. The lowest BCUT2D eigenvalue weighted by Crippen LogP contribution is -2.67. The quantitative estimate of drug-likeness (QED) is 0.115. The van der Waals surface area contributed by atoms with E-state index in [4.69, 9.17) is 0 Å². The molecule has 1 aromatic heterocycles. The van der Waals surface area contributed by atoms with Crippen LogP contribution in [0.2, 0.25) is 0 Å². The van der Waals surface area contributed by atoms with Crippen molar-refractivity contribution in [3.63, 3.8) is 0 Å². The Labute approximate surface area is 358 Å². The first-order valence-electron chi connectivity index (χ1n) is 22.1. The van der Waals surface area contributed by atoms with Crippen molar-refractivity contribution in [3.8, 4) is 78.0 Å². The Balaban J connectivity index is 1.17. The molecule has 0 spiro atoms. The number of pyridine rings is 1. The number of nitrogens with zero attached hydrogens (tertiary/aromatic N) is 1. The van der Waals surface area contributed by atoms with Crippen LogP contribution >= 0.6 is 0 Å². The Morgan fingerprint density at radius 2 is 0.850 bits per heavy atom. The van der Waals surface area contributed by atoms with Crippen molar-refractivity contribution in [2.75, 3.05) is 0 Å². The van der Waals surface area contributed by atoms with Gasteiger partial charge in [-0.1, -0.05) is 142 Å². The summed E-state index contributed by atoms with van der Waals surface area (Å²) in [4.78, 5) is 0. The first-order valence-corrected chi connectivity index (χ1v) is 22.1. The first kappa shape index (κ1) is 39.2. The molecule has 1 heteroatoms. The van der Waals surface area contributed by atoms with E-state index in [2.05, 4.69) is 227 Å². The van der Waals surface area contributed by atoms with Crippen molar-refractivity contribution in [1.82, 2.24) is 0 Å². The van der Waals surface area contributed by atoms with E-state index in [0.717, 1.165) is 19.3 Å². The summed E-state index contributed by atoms with van der Waals surface area (Å²) in [5, 5.41) is 0. The topological polar surface area (TPSA) is 3.88 Å². The molecule has 0 fully saturated rings. The van der Waals surface area contributed by atoms with E-state index in [0.29, 0.717) is 0 Å². The van der Waals surface area contributed by atoms with Gasteiger partial charge in [-0.15, -0.1) is 0 Å². The number of fused-ring (bicyclic) bond motifs is 3. The maximum atomic E-state index is 2.55. The maximum Gasteiger partial charge on any atom is 0.213 e. The highest BCUT2D eigenvalue weighted by Gasteiger charge is 2.56. The van der Waals surface area contributed by atoms with Gasteiger partial charge in [-0.3, -0.25) is 0 Å². The molecule has 60 heavy (non-hydrogen) atoms. The van der Waals surface area contributed by atoms with Crippen molar-refractivity contribution in [2.24, 2.45) is 0 Å². The van der Waals surface area contributed by atoms with Crippen LogP contribution < -0.4 is 4.57 Å². The van der Waals surface area contributed by atoms with Crippen molar-refractivity contribution in [2.45, 2.75) is 77.7 Å². The average molecular weight is 779 g/mol. The summed E-state index contributed by atoms with van der Waals surface area (Å²) in [6.45, 7) is 11.9. The van der Waals surface area contributed by atoms with Crippen molar-refractivity contribution < 1.29 is 4.57 Å². The Hall–Kier alpha value is -6.31. The van der Waals surface area contributed by atoms with Gasteiger partial charge in [-0.2, -0.15) is 4.57 Å². The number of hydrogen-bond donors (Lipinski definition) is 0. The minimum Gasteiger partial charge on any atom is -0.192 e. The Bertz CT molecular complexity index is 2780. The van der Waals surface area contributed by atoms with E-state index in [1.165, 1.54) is 102 Å². The van der Waals surface area contributed by atoms with Gasteiger partial charge < -0.3 is 0 Å². The van der Waals surface area contributed by atoms with Crippen LogP contribution in [-0.2, 0) is 17.4 Å². The van der Waals surface area contributed by atoms with E-state index >= 15 is 0 Å². The van der Waals surface area contributed by atoms with Gasteiger partial charge in [0.25, 0.3) is 0 Å². The molecule has 0 saturated carbocycles. The van der Waals surface area contributed by atoms with Crippen LogP contribution in [0.25, 0.3) is 78.0 Å². The lowest BCUT2D eigenvalue weighted by atomic mass is 9.60. The second kappa shape index (κ2) is 16.4. The minimum atomic E-state index is -0.0193. The van der Waals surface area contributed by atoms with Gasteiger partial charge in [0.15, 0.2) is 11.7 Å². The normalized spacial score (nSPS) is 16.9. The van der Waals surface area contributed by atoms with Gasteiger partial charge in [-0.25, -0.2) is 0 Å². The van der Waals surface area contributed by atoms with Crippen LogP contribution in [-0.4, -0.2) is 0 Å². The zero-order chi connectivity index (χ0) is 41.3. The molecule has 296 valence electrons. The predicted molar refractivity (Wildman–Crippen MR) is 255 cm³/mol. The van der Waals surface area contributed by atoms with Crippen LogP contribution in [0.3, 0.4) is 0 Å². The highest BCUT2D eigenvalue weighted by atomic mass is 15.1. The smallest absolute Gasteiger partial charge is 0.192 e. The highest BCUT2D eigenvalue weighted by Crippen LogP contribution is 2.50. The molecule has 1 nitrogen and oxygen atoms in total. The second-order valence-corrected chi connectivity index (χ2v) is 17.2. The van der Waals surface area contributed by atoms with Crippen molar-refractivity contribution in [3.05, 3.63) is 199 Å². The van der Waals surface area contributed by atoms with Crippen LogP contribution in [0, 0.1) is 0 Å². The molecule has 2 heterocycles. The molecule has 2 atom stereocenters. The van der Waals surface area contributed by atoms with E-state index in [9.17, 15) is 0 Å². The highest BCUT2D eigenvalue weighted by molar-refractivity contribution is 5.87. The molecule has 1 aliphatic rings. The summed E-state index contributed by atoms with van der Waals surface area (Å²) < 4.78 is 2.55. The van der Waals surface area contributed by atoms with Gasteiger partial charge in [-0.05, 0) is 159 Å². The molecule has 0 N–H and O–H groups in total. The third-order valence-electron chi connectivity index (χ3n) is 13.9. The summed E-state index contributed by atoms with van der Waals surface area (Å²) in [5.41, 5.74) is 20.1. The van der Waals surface area contributed by atoms with Crippen molar-refractivity contribution in [1.29, 1.82) is 0 Å².